The first-order chi connectivity index (χ1) is 14.6. The summed E-state index contributed by atoms with van der Waals surface area (Å²) in [7, 11) is 0. The summed E-state index contributed by atoms with van der Waals surface area (Å²) >= 11 is 5.40. The van der Waals surface area contributed by atoms with Crippen LogP contribution in [0.25, 0.3) is 10.8 Å². The SMILES string of the molecule is CCOc1ccccc1NC(=O)C1=C(C)NC(=S)NC1c1cccc2ccccc12. The zero-order valence-electron chi connectivity index (χ0n) is 16.9. The maximum Gasteiger partial charge on any atom is 0.255 e. The molecule has 0 aliphatic carbocycles. The van der Waals surface area contributed by atoms with E-state index in [1.54, 1.807) is 0 Å². The summed E-state index contributed by atoms with van der Waals surface area (Å²) in [5.41, 5.74) is 2.95. The molecule has 6 heteroatoms. The second kappa shape index (κ2) is 8.55. The molecule has 5 nitrogen and oxygen atoms in total. The van der Waals surface area contributed by atoms with Crippen LogP contribution >= 0.6 is 12.2 Å². The minimum absolute atomic E-state index is 0.208. The van der Waals surface area contributed by atoms with E-state index in [2.05, 4.69) is 34.1 Å². The molecule has 1 unspecified atom stereocenters. The van der Waals surface area contributed by atoms with Crippen molar-refractivity contribution in [3.8, 4) is 5.75 Å². The molecule has 1 aliphatic rings. The third-order valence-electron chi connectivity index (χ3n) is 5.08. The molecule has 1 amide bonds. The lowest BCUT2D eigenvalue weighted by atomic mass is 9.91. The number of carbonyl (C=O) groups is 1. The van der Waals surface area contributed by atoms with E-state index < -0.39 is 0 Å². The van der Waals surface area contributed by atoms with E-state index >= 15 is 0 Å². The molecule has 3 N–H and O–H groups in total. The predicted molar refractivity (Wildman–Crippen MR) is 124 cm³/mol. The number of rotatable bonds is 5. The van der Waals surface area contributed by atoms with Crippen molar-refractivity contribution < 1.29 is 9.53 Å². The number of anilines is 1. The van der Waals surface area contributed by atoms with E-state index in [9.17, 15) is 4.79 Å². The summed E-state index contributed by atoms with van der Waals surface area (Å²) in [6, 6.07) is 21.3. The van der Waals surface area contributed by atoms with Crippen molar-refractivity contribution in [3.05, 3.63) is 83.6 Å². The van der Waals surface area contributed by atoms with Gasteiger partial charge in [0.25, 0.3) is 5.91 Å². The fraction of sp³-hybridized carbons (Fsp3) is 0.167. The Labute approximate surface area is 181 Å². The van der Waals surface area contributed by atoms with Gasteiger partial charge in [-0.1, -0.05) is 54.6 Å². The van der Waals surface area contributed by atoms with Gasteiger partial charge in [0.15, 0.2) is 5.11 Å². The van der Waals surface area contributed by atoms with Gasteiger partial charge in [-0.05, 0) is 54.5 Å². The van der Waals surface area contributed by atoms with Crippen molar-refractivity contribution >= 4 is 39.7 Å². The Morgan fingerprint density at radius 3 is 2.63 bits per heavy atom. The van der Waals surface area contributed by atoms with Gasteiger partial charge >= 0.3 is 0 Å². The molecular formula is C24H23N3O2S. The molecule has 1 aliphatic heterocycles. The third-order valence-corrected chi connectivity index (χ3v) is 5.30. The molecule has 0 saturated heterocycles. The highest BCUT2D eigenvalue weighted by atomic mass is 32.1. The molecule has 0 radical (unpaired) electrons. The number of hydrogen-bond acceptors (Lipinski definition) is 3. The zero-order valence-corrected chi connectivity index (χ0v) is 17.7. The molecule has 0 aromatic heterocycles. The van der Waals surface area contributed by atoms with Crippen LogP contribution in [0.2, 0.25) is 0 Å². The highest BCUT2D eigenvalue weighted by Gasteiger charge is 2.31. The number of ether oxygens (including phenoxy) is 1. The number of allylic oxidation sites excluding steroid dienone is 1. The Morgan fingerprint density at radius 2 is 1.80 bits per heavy atom. The molecule has 0 spiro atoms. The van der Waals surface area contributed by atoms with Gasteiger partial charge in [-0.25, -0.2) is 0 Å². The van der Waals surface area contributed by atoms with Gasteiger partial charge in [0.05, 0.1) is 23.9 Å². The van der Waals surface area contributed by atoms with E-state index in [0.717, 1.165) is 22.0 Å². The highest BCUT2D eigenvalue weighted by molar-refractivity contribution is 7.80. The van der Waals surface area contributed by atoms with Crippen molar-refractivity contribution in [1.29, 1.82) is 0 Å². The molecule has 3 aromatic rings. The van der Waals surface area contributed by atoms with E-state index in [-0.39, 0.29) is 11.9 Å². The molecule has 0 saturated carbocycles. The third kappa shape index (κ3) is 3.86. The molecule has 4 rings (SSSR count). The number of carbonyl (C=O) groups excluding carboxylic acids is 1. The van der Waals surface area contributed by atoms with Crippen molar-refractivity contribution in [2.75, 3.05) is 11.9 Å². The number of hydrogen-bond donors (Lipinski definition) is 3. The van der Waals surface area contributed by atoms with Crippen molar-refractivity contribution in [2.24, 2.45) is 0 Å². The molecule has 1 atom stereocenters. The number of nitrogens with one attached hydrogen (secondary N) is 3. The normalized spacial score (nSPS) is 16.1. The smallest absolute Gasteiger partial charge is 0.255 e. The lowest BCUT2D eigenvalue weighted by Crippen LogP contribution is -2.45. The summed E-state index contributed by atoms with van der Waals surface area (Å²) in [4.78, 5) is 13.4. The summed E-state index contributed by atoms with van der Waals surface area (Å²) in [5.74, 6) is 0.431. The summed E-state index contributed by atoms with van der Waals surface area (Å²) in [6.07, 6.45) is 0. The topological polar surface area (TPSA) is 62.4 Å². The Balaban J connectivity index is 1.75. The molecule has 152 valence electrons. The van der Waals surface area contributed by atoms with Gasteiger partial charge in [-0.3, -0.25) is 4.79 Å². The lowest BCUT2D eigenvalue weighted by molar-refractivity contribution is -0.113. The van der Waals surface area contributed by atoms with Gasteiger partial charge < -0.3 is 20.7 Å². The van der Waals surface area contributed by atoms with Crippen molar-refractivity contribution in [3.63, 3.8) is 0 Å². The summed E-state index contributed by atoms with van der Waals surface area (Å²) < 4.78 is 5.66. The second-order valence-electron chi connectivity index (χ2n) is 7.02. The average molecular weight is 418 g/mol. The summed E-state index contributed by atoms with van der Waals surface area (Å²) in [6.45, 7) is 4.30. The zero-order chi connectivity index (χ0) is 21.1. The largest absolute Gasteiger partial charge is 0.492 e. The lowest BCUT2D eigenvalue weighted by Gasteiger charge is -2.31. The van der Waals surface area contributed by atoms with E-state index in [0.29, 0.717) is 28.7 Å². The van der Waals surface area contributed by atoms with Crippen molar-refractivity contribution in [1.82, 2.24) is 10.6 Å². The maximum atomic E-state index is 13.4. The maximum absolute atomic E-state index is 13.4. The Bertz CT molecular complexity index is 1150. The number of amides is 1. The quantitative estimate of drug-likeness (QED) is 0.527. The molecular weight excluding hydrogens is 394 g/mol. The van der Waals surface area contributed by atoms with Crippen LogP contribution in [0.15, 0.2) is 78.0 Å². The standard InChI is InChI=1S/C24H23N3O2S/c1-3-29-20-14-7-6-13-19(20)26-23(28)21-15(2)25-24(30)27-22(21)18-12-8-10-16-9-4-5-11-17(16)18/h4-14,22H,3H2,1-2H3,(H,26,28)(H2,25,27,30). The number of benzene rings is 3. The van der Waals surface area contributed by atoms with Gasteiger partial charge in [0, 0.05) is 5.70 Å². The monoisotopic (exact) mass is 417 g/mol. The van der Waals surface area contributed by atoms with E-state index in [1.165, 1.54) is 0 Å². The van der Waals surface area contributed by atoms with Gasteiger partial charge in [-0.15, -0.1) is 0 Å². The van der Waals surface area contributed by atoms with Gasteiger partial charge in [-0.2, -0.15) is 0 Å². The van der Waals surface area contributed by atoms with Crippen LogP contribution in [0.5, 0.6) is 5.75 Å². The minimum atomic E-state index is -0.371. The van der Waals surface area contributed by atoms with Crippen LogP contribution in [0.1, 0.15) is 25.5 Å². The number of thiocarbonyl (C=S) groups is 1. The van der Waals surface area contributed by atoms with E-state index in [4.69, 9.17) is 17.0 Å². The Morgan fingerprint density at radius 1 is 1.07 bits per heavy atom. The van der Waals surface area contributed by atoms with Crippen LogP contribution in [0, 0.1) is 0 Å². The number of fused-ring (bicyclic) bond motifs is 1. The Kier molecular flexibility index (Phi) is 5.68. The highest BCUT2D eigenvalue weighted by Crippen LogP contribution is 2.33. The first kappa shape index (κ1) is 19.9. The van der Waals surface area contributed by atoms with Crippen molar-refractivity contribution in [2.45, 2.75) is 19.9 Å². The van der Waals surface area contributed by atoms with E-state index in [1.807, 2.05) is 62.4 Å². The molecule has 3 aromatic carbocycles. The Hall–Kier alpha value is -3.38. The van der Waals surface area contributed by atoms with Crippen LogP contribution in [-0.4, -0.2) is 17.6 Å². The fourth-order valence-corrected chi connectivity index (χ4v) is 4.04. The summed E-state index contributed by atoms with van der Waals surface area (Å²) in [5, 5.41) is 12.1. The van der Waals surface area contributed by atoms with Crippen LogP contribution < -0.4 is 20.7 Å². The fourth-order valence-electron chi connectivity index (χ4n) is 3.77. The molecule has 0 fully saturated rings. The van der Waals surface area contributed by atoms with Crippen LogP contribution in [0.4, 0.5) is 5.69 Å². The molecule has 1 heterocycles. The van der Waals surface area contributed by atoms with Crippen LogP contribution in [-0.2, 0) is 4.79 Å². The first-order valence-electron chi connectivity index (χ1n) is 9.87. The number of para-hydroxylation sites is 2. The second-order valence-corrected chi connectivity index (χ2v) is 7.43. The first-order valence-corrected chi connectivity index (χ1v) is 10.3. The van der Waals surface area contributed by atoms with Gasteiger partial charge in [0.2, 0.25) is 0 Å². The molecule has 0 bridgehead atoms. The minimum Gasteiger partial charge on any atom is -0.492 e. The molecule has 30 heavy (non-hydrogen) atoms. The van der Waals surface area contributed by atoms with Gasteiger partial charge in [0.1, 0.15) is 5.75 Å². The predicted octanol–water partition coefficient (Wildman–Crippen LogP) is 4.67. The average Bonchev–Trinajstić information content (AvgIpc) is 2.74. The van der Waals surface area contributed by atoms with Crippen LogP contribution in [0.3, 0.4) is 0 Å².